The van der Waals surface area contributed by atoms with E-state index in [-0.39, 0.29) is 34.6 Å². The first-order chi connectivity index (χ1) is 15.0. The van der Waals surface area contributed by atoms with Gasteiger partial charge >= 0.3 is 6.03 Å². The molecule has 172 valence electrons. The predicted molar refractivity (Wildman–Crippen MR) is 121 cm³/mol. The van der Waals surface area contributed by atoms with Gasteiger partial charge in [0.1, 0.15) is 11.6 Å². The Hall–Kier alpha value is -2.57. The van der Waals surface area contributed by atoms with Crippen molar-refractivity contribution >= 4 is 17.5 Å². The second-order valence-corrected chi connectivity index (χ2v) is 10.2. The third-order valence-corrected chi connectivity index (χ3v) is 8.26. The number of urea groups is 1. The number of rotatable bonds is 3. The number of benzene rings is 1. The van der Waals surface area contributed by atoms with Crippen molar-refractivity contribution in [1.29, 1.82) is 10.8 Å². The first kappa shape index (κ1) is 22.6. The molecule has 1 aromatic carbocycles. The summed E-state index contributed by atoms with van der Waals surface area (Å²) >= 11 is 0. The Morgan fingerprint density at radius 1 is 1.22 bits per heavy atom. The summed E-state index contributed by atoms with van der Waals surface area (Å²) in [6.45, 7) is 5.70. The lowest BCUT2D eigenvalue weighted by Crippen LogP contribution is -2.52. The van der Waals surface area contributed by atoms with Crippen LogP contribution < -0.4 is 0 Å². The van der Waals surface area contributed by atoms with E-state index in [1.807, 2.05) is 4.90 Å². The van der Waals surface area contributed by atoms with Crippen LogP contribution in [0.4, 0.5) is 13.6 Å². The smallest absolute Gasteiger partial charge is 0.319 e. The van der Waals surface area contributed by atoms with Crippen LogP contribution in [0.15, 0.2) is 29.8 Å². The number of piperidine rings is 1. The molecule has 2 aliphatic carbocycles. The number of amides is 2. The number of hydrogen-bond donors (Lipinski definition) is 2. The molecule has 1 aliphatic heterocycles. The third kappa shape index (κ3) is 3.11. The fourth-order valence-corrected chi connectivity index (χ4v) is 6.72. The van der Waals surface area contributed by atoms with E-state index in [2.05, 4.69) is 13.8 Å². The second kappa shape index (κ2) is 7.78. The zero-order valence-corrected chi connectivity index (χ0v) is 19.3. The summed E-state index contributed by atoms with van der Waals surface area (Å²) in [5, 5.41) is 17.6. The fourth-order valence-electron chi connectivity index (χ4n) is 6.72. The van der Waals surface area contributed by atoms with Gasteiger partial charge in [0.25, 0.3) is 0 Å². The predicted octanol–water partition coefficient (Wildman–Crippen LogP) is 5.11. The molecule has 3 atom stereocenters. The van der Waals surface area contributed by atoms with E-state index in [1.165, 1.54) is 12.1 Å². The number of carbonyl (C=O) groups excluding carboxylic acids is 1. The highest BCUT2D eigenvalue weighted by Crippen LogP contribution is 2.69. The molecule has 2 N–H and O–H groups in total. The van der Waals surface area contributed by atoms with E-state index in [1.54, 1.807) is 19.0 Å². The van der Waals surface area contributed by atoms with Crippen LogP contribution >= 0.6 is 0 Å². The van der Waals surface area contributed by atoms with Crippen molar-refractivity contribution in [3.05, 3.63) is 47.0 Å². The molecular formula is C25H32F2N4O. The van der Waals surface area contributed by atoms with Crippen LogP contribution in [-0.2, 0) is 0 Å². The van der Waals surface area contributed by atoms with Crippen molar-refractivity contribution in [2.45, 2.75) is 39.5 Å². The maximum atomic E-state index is 14.3. The highest BCUT2D eigenvalue weighted by atomic mass is 19.1. The van der Waals surface area contributed by atoms with Crippen molar-refractivity contribution in [2.24, 2.45) is 22.7 Å². The summed E-state index contributed by atoms with van der Waals surface area (Å²) in [5.74, 6) is -1.32. The molecule has 1 saturated heterocycles. The van der Waals surface area contributed by atoms with Crippen LogP contribution in [0.5, 0.6) is 0 Å². The Labute approximate surface area is 188 Å². The van der Waals surface area contributed by atoms with Gasteiger partial charge in [0.05, 0.1) is 11.3 Å². The van der Waals surface area contributed by atoms with E-state index in [0.717, 1.165) is 49.9 Å². The van der Waals surface area contributed by atoms with Gasteiger partial charge in [-0.3, -0.25) is 0 Å². The molecule has 2 bridgehead atoms. The standard InChI is InChI=1S/C25H32F2N4O/c1-24(2)17-10-11-25(24,15-7-6-12-31(14-15)23(32)30(3)4)22(29)16(17)13-20(28)21-18(26)8-5-9-19(21)27/h5,8-9,13,15,17,28-29H,6-7,10-12,14H2,1-4H3/b16-13-,28-20?,29-22?/t15-,17-,25-/m0/s1. The molecule has 4 rings (SSSR count). The summed E-state index contributed by atoms with van der Waals surface area (Å²) in [4.78, 5) is 16.1. The summed E-state index contributed by atoms with van der Waals surface area (Å²) in [7, 11) is 3.51. The number of allylic oxidation sites excluding steroid dienone is 2. The lowest BCUT2D eigenvalue weighted by atomic mass is 9.59. The van der Waals surface area contributed by atoms with Crippen LogP contribution in [0.2, 0.25) is 0 Å². The van der Waals surface area contributed by atoms with Crippen LogP contribution in [0.1, 0.15) is 45.1 Å². The SMILES string of the molecule is CN(C)C(=O)N1CCC[C@H]([C@@]23CC[C@@H](/C(=C/C(=N)c4c(F)cccc4F)C2=N)C3(C)C)C1. The molecule has 32 heavy (non-hydrogen) atoms. The van der Waals surface area contributed by atoms with Crippen molar-refractivity contribution in [3.63, 3.8) is 0 Å². The number of hydrogen-bond acceptors (Lipinski definition) is 3. The average molecular weight is 443 g/mol. The fraction of sp³-hybridized carbons (Fsp3) is 0.560. The molecule has 0 aromatic heterocycles. The summed E-state index contributed by atoms with van der Waals surface area (Å²) in [6, 6.07) is 3.59. The van der Waals surface area contributed by atoms with Crippen molar-refractivity contribution < 1.29 is 13.6 Å². The molecule has 3 fully saturated rings. The molecule has 5 nitrogen and oxygen atoms in total. The zero-order valence-electron chi connectivity index (χ0n) is 19.3. The molecule has 0 unspecified atom stereocenters. The van der Waals surface area contributed by atoms with Crippen LogP contribution in [0.3, 0.4) is 0 Å². The number of carbonyl (C=O) groups is 1. The Kier molecular flexibility index (Phi) is 5.50. The Morgan fingerprint density at radius 2 is 1.88 bits per heavy atom. The van der Waals surface area contributed by atoms with Gasteiger partial charge in [-0.15, -0.1) is 0 Å². The molecular weight excluding hydrogens is 410 g/mol. The van der Waals surface area contributed by atoms with Crippen LogP contribution in [0, 0.1) is 45.1 Å². The van der Waals surface area contributed by atoms with Gasteiger partial charge in [0.15, 0.2) is 0 Å². The maximum absolute atomic E-state index is 14.3. The number of halogens is 2. The van der Waals surface area contributed by atoms with Crippen molar-refractivity contribution in [2.75, 3.05) is 27.2 Å². The topological polar surface area (TPSA) is 71.2 Å². The average Bonchev–Trinajstić information content (AvgIpc) is 3.09. The van der Waals surface area contributed by atoms with Gasteiger partial charge in [-0.25, -0.2) is 13.6 Å². The lowest BCUT2D eigenvalue weighted by molar-refractivity contribution is 0.0514. The van der Waals surface area contributed by atoms with E-state index < -0.39 is 17.0 Å². The Morgan fingerprint density at radius 3 is 2.50 bits per heavy atom. The van der Waals surface area contributed by atoms with Gasteiger partial charge in [-0.2, -0.15) is 0 Å². The van der Waals surface area contributed by atoms with Crippen LogP contribution in [-0.4, -0.2) is 54.4 Å². The number of nitrogens with one attached hydrogen (secondary N) is 2. The van der Waals surface area contributed by atoms with Gasteiger partial charge < -0.3 is 20.6 Å². The van der Waals surface area contributed by atoms with Crippen LogP contribution in [0.25, 0.3) is 0 Å². The van der Waals surface area contributed by atoms with E-state index in [9.17, 15) is 19.0 Å². The van der Waals surface area contributed by atoms with Crippen molar-refractivity contribution in [1.82, 2.24) is 9.80 Å². The highest BCUT2D eigenvalue weighted by Gasteiger charge is 2.67. The third-order valence-electron chi connectivity index (χ3n) is 8.26. The zero-order chi connectivity index (χ0) is 23.4. The van der Waals surface area contributed by atoms with E-state index >= 15 is 0 Å². The summed E-state index contributed by atoms with van der Waals surface area (Å²) in [6.07, 6.45) is 5.11. The monoisotopic (exact) mass is 442 g/mol. The van der Waals surface area contributed by atoms with Gasteiger partial charge in [0.2, 0.25) is 0 Å². The molecule has 7 heteroatoms. The lowest BCUT2D eigenvalue weighted by Gasteiger charge is -2.48. The highest BCUT2D eigenvalue weighted by molar-refractivity contribution is 6.15. The minimum absolute atomic E-state index is 0.00412. The van der Waals surface area contributed by atoms with Crippen molar-refractivity contribution in [3.8, 4) is 0 Å². The largest absolute Gasteiger partial charge is 0.331 e. The normalized spacial score (nSPS) is 30.1. The minimum atomic E-state index is -0.763. The molecule has 0 radical (unpaired) electrons. The van der Waals surface area contributed by atoms with E-state index in [0.29, 0.717) is 12.3 Å². The quantitative estimate of drug-likeness (QED) is 0.628. The number of nitrogens with zero attached hydrogens (tertiary/aromatic N) is 2. The Balaban J connectivity index is 1.70. The number of likely N-dealkylation sites (tertiary alicyclic amines) is 1. The number of fused-ring (bicyclic) bond motifs is 2. The van der Waals surface area contributed by atoms with E-state index in [4.69, 9.17) is 5.41 Å². The van der Waals surface area contributed by atoms with Gasteiger partial charge in [-0.1, -0.05) is 19.9 Å². The molecule has 2 saturated carbocycles. The molecule has 0 spiro atoms. The summed E-state index contributed by atoms with van der Waals surface area (Å²) < 4.78 is 28.5. The maximum Gasteiger partial charge on any atom is 0.319 e. The van der Waals surface area contributed by atoms with Gasteiger partial charge in [0, 0.05) is 38.3 Å². The second-order valence-electron chi connectivity index (χ2n) is 10.2. The molecule has 3 aliphatic rings. The molecule has 1 aromatic rings. The molecule has 1 heterocycles. The summed E-state index contributed by atoms with van der Waals surface area (Å²) in [5.41, 5.74) is 0.0193. The minimum Gasteiger partial charge on any atom is -0.331 e. The Bertz CT molecular complexity index is 995. The molecule has 2 amide bonds. The first-order valence-electron chi connectivity index (χ1n) is 11.3. The van der Waals surface area contributed by atoms with Gasteiger partial charge in [-0.05, 0) is 66.7 Å². The first-order valence-corrected chi connectivity index (χ1v) is 11.3.